The highest BCUT2D eigenvalue weighted by Crippen LogP contribution is 2.25. The summed E-state index contributed by atoms with van der Waals surface area (Å²) in [5.74, 6) is -0.303. The minimum Gasteiger partial charge on any atom is -0.481 e. The minimum absolute atomic E-state index is 0.325. The Morgan fingerprint density at radius 1 is 1.03 bits per heavy atom. The number of benzene rings is 2. The second-order valence-corrected chi connectivity index (χ2v) is 8.21. The summed E-state index contributed by atoms with van der Waals surface area (Å²) in [7, 11) is -4.28. The maximum absolute atomic E-state index is 13.2. The fourth-order valence-electron chi connectivity index (χ4n) is 2.30. The zero-order valence-electron chi connectivity index (χ0n) is 15.6. The maximum atomic E-state index is 13.2. The third-order valence-corrected chi connectivity index (χ3v) is 5.35. The summed E-state index contributed by atoms with van der Waals surface area (Å²) in [6.07, 6.45) is 0.653. The van der Waals surface area contributed by atoms with Crippen molar-refractivity contribution in [2.45, 2.75) is 17.9 Å². The van der Waals surface area contributed by atoms with Crippen LogP contribution in [0.3, 0.4) is 0 Å². The number of pyridine rings is 1. The number of aromatic nitrogens is 1. The largest absolute Gasteiger partial charge is 0.481 e. The summed E-state index contributed by atoms with van der Waals surface area (Å²) in [4.78, 5) is 15.2. The summed E-state index contributed by atoms with van der Waals surface area (Å²) >= 11 is 5.83. The lowest BCUT2D eigenvalue weighted by atomic mass is 10.3. The molecule has 1 heterocycles. The van der Waals surface area contributed by atoms with Crippen LogP contribution in [-0.2, 0) is 14.8 Å². The molecule has 0 radical (unpaired) electrons. The first-order valence-electron chi connectivity index (χ1n) is 8.60. The van der Waals surface area contributed by atoms with E-state index in [0.29, 0.717) is 22.3 Å². The van der Waals surface area contributed by atoms with E-state index in [1.165, 1.54) is 6.92 Å². The molecule has 1 atom stereocenters. The van der Waals surface area contributed by atoms with Crippen LogP contribution in [0.2, 0.25) is 5.02 Å². The first kappa shape index (κ1) is 21.5. The van der Waals surface area contributed by atoms with Crippen molar-refractivity contribution >= 4 is 27.5 Å². The van der Waals surface area contributed by atoms with Gasteiger partial charge in [-0.1, -0.05) is 11.6 Å². The van der Waals surface area contributed by atoms with E-state index in [1.54, 1.807) is 48.5 Å². The number of carbonyl (C=O) groups is 1. The minimum atomic E-state index is -4.28. The molecule has 10 heteroatoms. The average Bonchev–Trinajstić information content (AvgIpc) is 2.71. The fraction of sp³-hybridized carbons (Fsp3) is 0.100. The van der Waals surface area contributed by atoms with Crippen molar-refractivity contribution in [3.63, 3.8) is 0 Å². The van der Waals surface area contributed by atoms with Crippen LogP contribution in [0.25, 0.3) is 0 Å². The molecule has 156 valence electrons. The smallest absolute Gasteiger partial charge is 0.274 e. The molecule has 1 unspecified atom stereocenters. The molecule has 0 aliphatic carbocycles. The number of sulfonamides is 1. The van der Waals surface area contributed by atoms with Crippen molar-refractivity contribution in [2.75, 3.05) is 0 Å². The lowest BCUT2D eigenvalue weighted by Gasteiger charge is -2.15. The lowest BCUT2D eigenvalue weighted by Crippen LogP contribution is -2.40. The van der Waals surface area contributed by atoms with Crippen molar-refractivity contribution in [1.82, 2.24) is 9.71 Å². The standard InChI is InChI=1S/C20H16ClFN2O5S/c1-13(20(25)24-30(26,27)19-10-15(22)11-23-12-19)28-16-6-8-18(9-7-16)29-17-4-2-14(21)3-5-17/h2-13H,1H3,(H,24,25). The third kappa shape index (κ3) is 5.68. The Labute approximate surface area is 177 Å². The van der Waals surface area contributed by atoms with Crippen LogP contribution in [0.5, 0.6) is 17.2 Å². The Hall–Kier alpha value is -3.17. The second kappa shape index (κ2) is 9.10. The molecule has 0 spiro atoms. The van der Waals surface area contributed by atoms with Gasteiger partial charge in [0.05, 0.1) is 6.20 Å². The number of amides is 1. The summed E-state index contributed by atoms with van der Waals surface area (Å²) in [6, 6.07) is 14.0. The Bertz CT molecular complexity index is 1140. The van der Waals surface area contributed by atoms with Gasteiger partial charge in [0, 0.05) is 11.2 Å². The van der Waals surface area contributed by atoms with Gasteiger partial charge in [-0.2, -0.15) is 0 Å². The molecule has 0 saturated heterocycles. The summed E-state index contributed by atoms with van der Waals surface area (Å²) in [5.41, 5.74) is 0. The summed E-state index contributed by atoms with van der Waals surface area (Å²) < 4.78 is 50.5. The number of nitrogens with zero attached hydrogens (tertiary/aromatic N) is 1. The average molecular weight is 451 g/mol. The fourth-order valence-corrected chi connectivity index (χ4v) is 3.44. The van der Waals surface area contributed by atoms with Gasteiger partial charge in [0.25, 0.3) is 15.9 Å². The Morgan fingerprint density at radius 3 is 2.20 bits per heavy atom. The molecule has 30 heavy (non-hydrogen) atoms. The van der Waals surface area contributed by atoms with Gasteiger partial charge in [0.2, 0.25) is 0 Å². The molecule has 0 fully saturated rings. The van der Waals surface area contributed by atoms with E-state index in [1.807, 2.05) is 4.72 Å². The number of hydrogen-bond acceptors (Lipinski definition) is 6. The quantitative estimate of drug-likeness (QED) is 0.586. The molecule has 0 aliphatic heterocycles. The van der Waals surface area contributed by atoms with Crippen LogP contribution in [0, 0.1) is 5.82 Å². The van der Waals surface area contributed by atoms with Crippen molar-refractivity contribution in [2.24, 2.45) is 0 Å². The van der Waals surface area contributed by atoms with Crippen molar-refractivity contribution < 1.29 is 27.1 Å². The van der Waals surface area contributed by atoms with Crippen LogP contribution < -0.4 is 14.2 Å². The highest BCUT2D eigenvalue weighted by molar-refractivity contribution is 7.90. The molecule has 1 aromatic heterocycles. The van der Waals surface area contributed by atoms with E-state index < -0.39 is 32.7 Å². The predicted octanol–water partition coefficient (Wildman–Crippen LogP) is 3.94. The van der Waals surface area contributed by atoms with Crippen LogP contribution >= 0.6 is 11.6 Å². The van der Waals surface area contributed by atoms with Gasteiger partial charge in [0.1, 0.15) is 28.0 Å². The van der Waals surface area contributed by atoms with Gasteiger partial charge >= 0.3 is 0 Å². The zero-order valence-corrected chi connectivity index (χ0v) is 17.2. The first-order chi connectivity index (χ1) is 14.2. The van der Waals surface area contributed by atoms with Gasteiger partial charge < -0.3 is 9.47 Å². The molecule has 3 rings (SSSR count). The second-order valence-electron chi connectivity index (χ2n) is 6.10. The molecule has 1 amide bonds. The zero-order chi connectivity index (χ0) is 21.7. The Kier molecular flexibility index (Phi) is 6.53. The normalized spacial score (nSPS) is 12.1. The molecule has 0 bridgehead atoms. The number of rotatable bonds is 7. The number of ether oxygens (including phenoxy) is 2. The maximum Gasteiger partial charge on any atom is 0.274 e. The van der Waals surface area contributed by atoms with Crippen molar-refractivity contribution in [3.05, 3.63) is 77.8 Å². The molecule has 3 aromatic rings. The SMILES string of the molecule is CC(Oc1ccc(Oc2ccc(Cl)cc2)cc1)C(=O)NS(=O)(=O)c1cncc(F)c1. The van der Waals surface area contributed by atoms with Gasteiger partial charge in [-0.05, 0) is 61.5 Å². The van der Waals surface area contributed by atoms with Gasteiger partial charge in [0.15, 0.2) is 6.10 Å². The molecule has 7 nitrogen and oxygen atoms in total. The van der Waals surface area contributed by atoms with Gasteiger partial charge in [-0.25, -0.2) is 17.5 Å². The lowest BCUT2D eigenvalue weighted by molar-refractivity contribution is -0.125. The van der Waals surface area contributed by atoms with Crippen LogP contribution in [0.4, 0.5) is 4.39 Å². The molecule has 1 N–H and O–H groups in total. The predicted molar refractivity (Wildman–Crippen MR) is 108 cm³/mol. The number of halogens is 2. The monoisotopic (exact) mass is 450 g/mol. The first-order valence-corrected chi connectivity index (χ1v) is 10.5. The van der Waals surface area contributed by atoms with E-state index in [9.17, 15) is 17.6 Å². The van der Waals surface area contributed by atoms with Crippen molar-refractivity contribution in [1.29, 1.82) is 0 Å². The van der Waals surface area contributed by atoms with E-state index >= 15 is 0 Å². The highest BCUT2D eigenvalue weighted by Gasteiger charge is 2.23. The van der Waals surface area contributed by atoms with Crippen LogP contribution in [-0.4, -0.2) is 25.4 Å². The number of carbonyl (C=O) groups excluding carboxylic acids is 1. The number of hydrogen-bond donors (Lipinski definition) is 1. The van der Waals surface area contributed by atoms with Crippen LogP contribution in [0.15, 0.2) is 71.9 Å². The van der Waals surface area contributed by atoms with Gasteiger partial charge in [-0.3, -0.25) is 9.78 Å². The summed E-state index contributed by atoms with van der Waals surface area (Å²) in [5, 5.41) is 0.592. The molecule has 0 aliphatic rings. The Balaban J connectivity index is 1.60. The van der Waals surface area contributed by atoms with E-state index in [-0.39, 0.29) is 0 Å². The van der Waals surface area contributed by atoms with Gasteiger partial charge in [-0.15, -0.1) is 0 Å². The summed E-state index contributed by atoms with van der Waals surface area (Å²) in [6.45, 7) is 1.38. The van der Waals surface area contributed by atoms with E-state index in [2.05, 4.69) is 4.98 Å². The number of nitrogens with one attached hydrogen (secondary N) is 1. The molecular formula is C20H16ClFN2O5S. The molecular weight excluding hydrogens is 435 g/mol. The molecule has 2 aromatic carbocycles. The van der Waals surface area contributed by atoms with E-state index in [0.717, 1.165) is 18.5 Å². The Morgan fingerprint density at radius 2 is 1.60 bits per heavy atom. The van der Waals surface area contributed by atoms with Crippen molar-refractivity contribution in [3.8, 4) is 17.2 Å². The van der Waals surface area contributed by atoms with Crippen LogP contribution in [0.1, 0.15) is 6.92 Å². The van der Waals surface area contributed by atoms with E-state index in [4.69, 9.17) is 21.1 Å². The highest BCUT2D eigenvalue weighted by atomic mass is 35.5. The topological polar surface area (TPSA) is 94.6 Å². The molecule has 0 saturated carbocycles. The third-order valence-electron chi connectivity index (χ3n) is 3.78.